The number of pyridine rings is 1. The SMILES string of the molecule is CC(C)Oc1ccc(C(=O)Nc2ccc(OC3CCN(C)CC3)nc2)cc1. The first-order valence-corrected chi connectivity index (χ1v) is 9.39. The van der Waals surface area contributed by atoms with Gasteiger partial charge in [0, 0.05) is 24.7 Å². The summed E-state index contributed by atoms with van der Waals surface area (Å²) in [6, 6.07) is 10.7. The highest BCUT2D eigenvalue weighted by Gasteiger charge is 2.18. The van der Waals surface area contributed by atoms with Gasteiger partial charge in [-0.15, -0.1) is 0 Å². The number of likely N-dealkylation sites (tertiary alicyclic amines) is 1. The summed E-state index contributed by atoms with van der Waals surface area (Å²) in [4.78, 5) is 19.0. The van der Waals surface area contributed by atoms with Crippen LogP contribution in [0.2, 0.25) is 0 Å². The molecular weight excluding hydrogens is 342 g/mol. The van der Waals surface area contributed by atoms with Crippen molar-refractivity contribution in [3.63, 3.8) is 0 Å². The molecular formula is C21H27N3O3. The molecule has 2 heterocycles. The quantitative estimate of drug-likeness (QED) is 0.843. The highest BCUT2D eigenvalue weighted by Crippen LogP contribution is 2.19. The van der Waals surface area contributed by atoms with Crippen LogP contribution in [0.25, 0.3) is 0 Å². The first-order valence-electron chi connectivity index (χ1n) is 9.39. The Morgan fingerprint density at radius 2 is 1.85 bits per heavy atom. The normalized spacial score (nSPS) is 15.6. The average molecular weight is 369 g/mol. The fourth-order valence-electron chi connectivity index (χ4n) is 2.96. The molecule has 1 aromatic carbocycles. The van der Waals surface area contributed by atoms with Crippen molar-refractivity contribution >= 4 is 11.6 Å². The molecule has 144 valence electrons. The Bertz CT molecular complexity index is 736. The van der Waals surface area contributed by atoms with Crippen molar-refractivity contribution in [2.75, 3.05) is 25.5 Å². The number of nitrogens with one attached hydrogen (secondary N) is 1. The van der Waals surface area contributed by atoms with E-state index in [0.717, 1.165) is 31.7 Å². The third-order valence-electron chi connectivity index (χ3n) is 4.44. The summed E-state index contributed by atoms with van der Waals surface area (Å²) in [5.74, 6) is 1.16. The Kier molecular flexibility index (Phi) is 6.29. The maximum atomic E-state index is 12.4. The first kappa shape index (κ1) is 19.2. The van der Waals surface area contributed by atoms with Gasteiger partial charge in [0.25, 0.3) is 5.91 Å². The number of carbonyl (C=O) groups is 1. The van der Waals surface area contributed by atoms with Crippen LogP contribution in [0.3, 0.4) is 0 Å². The Balaban J connectivity index is 1.53. The van der Waals surface area contributed by atoms with E-state index in [0.29, 0.717) is 17.1 Å². The molecule has 0 aliphatic carbocycles. The van der Waals surface area contributed by atoms with Gasteiger partial charge >= 0.3 is 0 Å². The van der Waals surface area contributed by atoms with Crippen LogP contribution in [0.4, 0.5) is 5.69 Å². The van der Waals surface area contributed by atoms with Crippen molar-refractivity contribution in [3.8, 4) is 11.6 Å². The molecule has 1 saturated heterocycles. The molecule has 1 aliphatic rings. The molecule has 0 atom stereocenters. The zero-order valence-corrected chi connectivity index (χ0v) is 16.1. The third kappa shape index (κ3) is 5.69. The van der Waals surface area contributed by atoms with E-state index in [1.807, 2.05) is 19.9 Å². The predicted octanol–water partition coefficient (Wildman–Crippen LogP) is 3.59. The van der Waals surface area contributed by atoms with Gasteiger partial charge in [0.2, 0.25) is 5.88 Å². The number of hydrogen-bond acceptors (Lipinski definition) is 5. The molecule has 1 aliphatic heterocycles. The summed E-state index contributed by atoms with van der Waals surface area (Å²) in [5, 5.41) is 2.85. The van der Waals surface area contributed by atoms with Gasteiger partial charge in [0.05, 0.1) is 18.0 Å². The second-order valence-corrected chi connectivity index (χ2v) is 7.15. The van der Waals surface area contributed by atoms with E-state index < -0.39 is 0 Å². The Morgan fingerprint density at radius 3 is 2.44 bits per heavy atom. The number of aromatic nitrogens is 1. The zero-order valence-electron chi connectivity index (χ0n) is 16.1. The van der Waals surface area contributed by atoms with Gasteiger partial charge in [-0.3, -0.25) is 4.79 Å². The average Bonchev–Trinajstić information content (AvgIpc) is 2.65. The predicted molar refractivity (Wildman–Crippen MR) is 106 cm³/mol. The first-order chi connectivity index (χ1) is 13.0. The lowest BCUT2D eigenvalue weighted by molar-refractivity contribution is 0.102. The molecule has 3 rings (SSSR count). The number of rotatable bonds is 6. The molecule has 0 unspecified atom stereocenters. The number of nitrogens with zero attached hydrogens (tertiary/aromatic N) is 2. The van der Waals surface area contributed by atoms with Crippen LogP contribution in [-0.2, 0) is 0 Å². The van der Waals surface area contributed by atoms with E-state index in [1.165, 1.54) is 0 Å². The Labute approximate surface area is 160 Å². The van der Waals surface area contributed by atoms with Gasteiger partial charge in [0.1, 0.15) is 11.9 Å². The van der Waals surface area contributed by atoms with E-state index in [2.05, 4.69) is 22.2 Å². The number of piperidine rings is 1. The summed E-state index contributed by atoms with van der Waals surface area (Å²) >= 11 is 0. The van der Waals surface area contributed by atoms with E-state index in [-0.39, 0.29) is 18.1 Å². The summed E-state index contributed by atoms with van der Waals surface area (Å²) in [6.45, 7) is 6.01. The molecule has 2 aromatic rings. The molecule has 1 aromatic heterocycles. The number of benzene rings is 1. The molecule has 0 radical (unpaired) electrons. The molecule has 0 bridgehead atoms. The van der Waals surface area contributed by atoms with Gasteiger partial charge < -0.3 is 19.7 Å². The highest BCUT2D eigenvalue weighted by atomic mass is 16.5. The molecule has 27 heavy (non-hydrogen) atoms. The summed E-state index contributed by atoms with van der Waals surface area (Å²) in [7, 11) is 2.12. The zero-order chi connectivity index (χ0) is 19.2. The number of hydrogen-bond donors (Lipinski definition) is 1. The van der Waals surface area contributed by atoms with Gasteiger partial charge in [-0.2, -0.15) is 0 Å². The van der Waals surface area contributed by atoms with E-state index in [1.54, 1.807) is 36.5 Å². The van der Waals surface area contributed by atoms with Crippen molar-refractivity contribution in [1.82, 2.24) is 9.88 Å². The number of carbonyl (C=O) groups excluding carboxylic acids is 1. The molecule has 1 N–H and O–H groups in total. The topological polar surface area (TPSA) is 63.7 Å². The minimum atomic E-state index is -0.183. The van der Waals surface area contributed by atoms with Crippen LogP contribution in [0.1, 0.15) is 37.0 Å². The molecule has 6 nitrogen and oxygen atoms in total. The maximum Gasteiger partial charge on any atom is 0.255 e. The largest absolute Gasteiger partial charge is 0.491 e. The Morgan fingerprint density at radius 1 is 1.15 bits per heavy atom. The minimum Gasteiger partial charge on any atom is -0.491 e. The molecule has 6 heteroatoms. The number of ether oxygens (including phenoxy) is 2. The summed E-state index contributed by atoms with van der Waals surface area (Å²) in [5.41, 5.74) is 1.20. The Hall–Kier alpha value is -2.60. The smallest absolute Gasteiger partial charge is 0.255 e. The second kappa shape index (κ2) is 8.86. The van der Waals surface area contributed by atoms with Crippen molar-refractivity contribution in [2.24, 2.45) is 0 Å². The maximum absolute atomic E-state index is 12.4. The van der Waals surface area contributed by atoms with Gasteiger partial charge in [-0.1, -0.05) is 0 Å². The molecule has 0 spiro atoms. The molecule has 1 amide bonds. The van der Waals surface area contributed by atoms with Crippen molar-refractivity contribution in [3.05, 3.63) is 48.2 Å². The monoisotopic (exact) mass is 369 g/mol. The van der Waals surface area contributed by atoms with Crippen LogP contribution in [-0.4, -0.2) is 48.1 Å². The van der Waals surface area contributed by atoms with Crippen LogP contribution in [0.15, 0.2) is 42.6 Å². The lowest BCUT2D eigenvalue weighted by Crippen LogP contribution is -2.35. The van der Waals surface area contributed by atoms with Crippen molar-refractivity contribution in [2.45, 2.75) is 38.9 Å². The van der Waals surface area contributed by atoms with Crippen molar-refractivity contribution < 1.29 is 14.3 Å². The van der Waals surface area contributed by atoms with E-state index >= 15 is 0 Å². The van der Waals surface area contributed by atoms with E-state index in [9.17, 15) is 4.79 Å². The second-order valence-electron chi connectivity index (χ2n) is 7.15. The van der Waals surface area contributed by atoms with Crippen LogP contribution >= 0.6 is 0 Å². The number of anilines is 1. The van der Waals surface area contributed by atoms with Crippen molar-refractivity contribution in [1.29, 1.82) is 0 Å². The van der Waals surface area contributed by atoms with E-state index in [4.69, 9.17) is 9.47 Å². The van der Waals surface area contributed by atoms with Crippen LogP contribution < -0.4 is 14.8 Å². The fourth-order valence-corrected chi connectivity index (χ4v) is 2.96. The molecule has 0 saturated carbocycles. The van der Waals surface area contributed by atoms with Crippen LogP contribution in [0.5, 0.6) is 11.6 Å². The van der Waals surface area contributed by atoms with Gasteiger partial charge in [-0.25, -0.2) is 4.98 Å². The third-order valence-corrected chi connectivity index (χ3v) is 4.44. The lowest BCUT2D eigenvalue weighted by atomic mass is 10.1. The minimum absolute atomic E-state index is 0.103. The van der Waals surface area contributed by atoms with Gasteiger partial charge in [0.15, 0.2) is 0 Å². The van der Waals surface area contributed by atoms with Gasteiger partial charge in [-0.05, 0) is 64.1 Å². The summed E-state index contributed by atoms with van der Waals surface area (Å²) in [6.07, 6.45) is 3.95. The fraction of sp³-hybridized carbons (Fsp3) is 0.429. The lowest BCUT2D eigenvalue weighted by Gasteiger charge is -2.28. The molecule has 1 fully saturated rings. The standard InChI is InChI=1S/C21H27N3O3/c1-15(2)26-18-7-4-16(5-8-18)21(25)23-17-6-9-20(22-14-17)27-19-10-12-24(3)13-11-19/h4-9,14-15,19H,10-13H2,1-3H3,(H,23,25). The number of amides is 1. The summed E-state index contributed by atoms with van der Waals surface area (Å²) < 4.78 is 11.5. The van der Waals surface area contributed by atoms with Crippen LogP contribution in [0, 0.1) is 0 Å². The highest BCUT2D eigenvalue weighted by molar-refractivity contribution is 6.04.